The largest absolute Gasteiger partial charge is 0.456 e. The number of furan rings is 1. The maximum atomic E-state index is 14.3. The van der Waals surface area contributed by atoms with Gasteiger partial charge in [-0.05, 0) is 112 Å². The van der Waals surface area contributed by atoms with Gasteiger partial charge < -0.3 is 9.32 Å². The minimum Gasteiger partial charge on any atom is -0.456 e. The summed E-state index contributed by atoms with van der Waals surface area (Å²) in [5.41, 5.74) is 15.7. The van der Waals surface area contributed by atoms with Crippen molar-refractivity contribution >= 4 is 66.6 Å². The zero-order valence-electron chi connectivity index (χ0n) is 32.4. The van der Waals surface area contributed by atoms with Crippen LogP contribution in [0, 0.1) is 0 Å². The molecule has 6 nitrogen and oxygen atoms in total. The van der Waals surface area contributed by atoms with Crippen molar-refractivity contribution in [2.45, 2.75) is 19.3 Å². The Morgan fingerprint density at radius 1 is 0.559 bits per heavy atom. The van der Waals surface area contributed by atoms with Gasteiger partial charge in [-0.2, -0.15) is 0 Å². The van der Waals surface area contributed by atoms with Crippen molar-refractivity contribution in [3.8, 4) is 27.9 Å². The molecule has 0 radical (unpaired) electrons. The Labute approximate surface area is 339 Å². The fourth-order valence-electron chi connectivity index (χ4n) is 9.52. The Bertz CT molecular complexity index is 3560. The molecule has 8 aromatic carbocycles. The van der Waals surface area contributed by atoms with Crippen molar-refractivity contribution in [1.29, 1.82) is 0 Å². The topological polar surface area (TPSA) is 55.7 Å². The summed E-state index contributed by atoms with van der Waals surface area (Å²) in [5.74, 6) is 0. The fourth-order valence-corrected chi connectivity index (χ4v) is 9.52. The second-order valence-electron chi connectivity index (χ2n) is 16.0. The summed E-state index contributed by atoms with van der Waals surface area (Å²) in [6.45, 7) is 4.65. The number of para-hydroxylation sites is 4. The summed E-state index contributed by atoms with van der Waals surface area (Å²) in [5, 5.41) is 3.05. The highest BCUT2D eigenvalue weighted by Gasteiger charge is 2.36. The van der Waals surface area contributed by atoms with Crippen molar-refractivity contribution in [3.05, 3.63) is 204 Å². The average Bonchev–Trinajstić information content (AvgIpc) is 3.93. The molecule has 0 unspecified atom stereocenters. The van der Waals surface area contributed by atoms with Crippen LogP contribution in [-0.2, 0) is 5.41 Å². The van der Waals surface area contributed by atoms with Crippen LogP contribution in [0.15, 0.2) is 191 Å². The maximum absolute atomic E-state index is 14.3. The van der Waals surface area contributed by atoms with Crippen LogP contribution in [0.2, 0.25) is 0 Å². The van der Waals surface area contributed by atoms with E-state index in [4.69, 9.17) is 9.40 Å². The summed E-state index contributed by atoms with van der Waals surface area (Å²) in [6, 6.07) is 63.1. The lowest BCUT2D eigenvalue weighted by Gasteiger charge is -2.28. The van der Waals surface area contributed by atoms with Crippen LogP contribution in [0.1, 0.15) is 25.0 Å². The monoisotopic (exact) mass is 760 g/mol. The highest BCUT2D eigenvalue weighted by molar-refractivity contribution is 6.13. The van der Waals surface area contributed by atoms with Crippen LogP contribution in [0.25, 0.3) is 77.5 Å². The van der Waals surface area contributed by atoms with Crippen molar-refractivity contribution < 1.29 is 4.42 Å². The molecular formula is C53H36N4O2. The first-order valence-electron chi connectivity index (χ1n) is 20.0. The Hall–Kier alpha value is -7.70. The molecule has 0 saturated carbocycles. The van der Waals surface area contributed by atoms with Gasteiger partial charge in [0.25, 0.3) is 0 Å². The highest BCUT2D eigenvalue weighted by atomic mass is 16.3. The second-order valence-corrected chi connectivity index (χ2v) is 16.0. The minimum atomic E-state index is -0.153. The quantitative estimate of drug-likeness (QED) is 0.175. The first-order valence-corrected chi connectivity index (χ1v) is 20.0. The van der Waals surface area contributed by atoms with Crippen LogP contribution in [0.5, 0.6) is 0 Å². The van der Waals surface area contributed by atoms with Gasteiger partial charge in [0.1, 0.15) is 11.2 Å². The predicted octanol–water partition coefficient (Wildman–Crippen LogP) is 13.1. The average molecular weight is 761 g/mol. The van der Waals surface area contributed by atoms with E-state index in [1.165, 1.54) is 22.3 Å². The number of hydrogen-bond acceptors (Lipinski definition) is 4. The standard InChI is InChI=1S/C53H36N4O2/c1-53(2)42-17-8-6-15-38(42)39-29-28-37(32-43(39)53)55(47-20-12-22-49-50(47)40-16-7-11-21-48(40)59-49)36-26-23-33(24-27-36)34-25-30-45-41(31-34)51-54-44-18-9-10-19-46(44)57(51)52(58)56(45)35-13-4-3-5-14-35/h3-32H,1-2H3. The van der Waals surface area contributed by atoms with Gasteiger partial charge in [0.05, 0.1) is 33.3 Å². The summed E-state index contributed by atoms with van der Waals surface area (Å²) in [4.78, 5) is 21.6. The van der Waals surface area contributed by atoms with E-state index in [0.717, 1.165) is 77.8 Å². The zero-order chi connectivity index (χ0) is 39.4. The SMILES string of the molecule is CC1(C)c2ccccc2-c2ccc(N(c3ccc(-c4ccc5c(c4)c4nc6ccccc6n4c(=O)n5-c4ccccc4)cc3)c3cccc4oc5ccccc5c34)cc21. The Morgan fingerprint density at radius 2 is 1.27 bits per heavy atom. The molecule has 280 valence electrons. The molecule has 0 spiro atoms. The number of imidazole rings is 1. The van der Waals surface area contributed by atoms with Gasteiger partial charge in [-0.3, -0.25) is 4.57 Å². The molecule has 0 fully saturated rings. The second kappa shape index (κ2) is 12.4. The zero-order valence-corrected chi connectivity index (χ0v) is 32.4. The first-order chi connectivity index (χ1) is 28.9. The van der Waals surface area contributed by atoms with Gasteiger partial charge >= 0.3 is 5.69 Å². The molecule has 1 aliphatic carbocycles. The maximum Gasteiger partial charge on any atom is 0.339 e. The predicted molar refractivity (Wildman–Crippen MR) is 241 cm³/mol. The molecule has 1 aliphatic rings. The number of rotatable bonds is 5. The van der Waals surface area contributed by atoms with Gasteiger partial charge in [-0.25, -0.2) is 14.2 Å². The van der Waals surface area contributed by atoms with Crippen LogP contribution in [0.3, 0.4) is 0 Å². The molecule has 3 heterocycles. The highest BCUT2D eigenvalue weighted by Crippen LogP contribution is 2.51. The molecule has 0 N–H and O–H groups in total. The molecule has 0 amide bonds. The van der Waals surface area contributed by atoms with Gasteiger partial charge in [0.15, 0.2) is 5.65 Å². The van der Waals surface area contributed by atoms with E-state index in [9.17, 15) is 4.79 Å². The Kier molecular flexibility index (Phi) is 7.03. The molecule has 3 aromatic heterocycles. The van der Waals surface area contributed by atoms with Gasteiger partial charge in [0, 0.05) is 27.6 Å². The lowest BCUT2D eigenvalue weighted by Crippen LogP contribution is -2.25. The normalized spacial score (nSPS) is 13.1. The van der Waals surface area contributed by atoms with Crippen LogP contribution in [0.4, 0.5) is 17.1 Å². The van der Waals surface area contributed by atoms with Crippen molar-refractivity contribution in [1.82, 2.24) is 14.0 Å². The van der Waals surface area contributed by atoms with Gasteiger partial charge in [-0.1, -0.05) is 117 Å². The van der Waals surface area contributed by atoms with E-state index in [0.29, 0.717) is 5.65 Å². The third-order valence-electron chi connectivity index (χ3n) is 12.3. The van der Waals surface area contributed by atoms with E-state index in [-0.39, 0.29) is 11.1 Å². The fraction of sp³-hybridized carbons (Fsp3) is 0.0566. The van der Waals surface area contributed by atoms with E-state index < -0.39 is 0 Å². The molecule has 6 heteroatoms. The van der Waals surface area contributed by atoms with Crippen LogP contribution in [-0.4, -0.2) is 14.0 Å². The molecular weight excluding hydrogens is 725 g/mol. The summed E-state index contributed by atoms with van der Waals surface area (Å²) in [7, 11) is 0. The van der Waals surface area contributed by atoms with E-state index in [1.807, 2.05) is 72.8 Å². The van der Waals surface area contributed by atoms with Crippen LogP contribution < -0.4 is 10.6 Å². The minimum absolute atomic E-state index is 0.149. The van der Waals surface area contributed by atoms with Crippen molar-refractivity contribution in [2.75, 3.05) is 4.90 Å². The molecule has 12 rings (SSSR count). The lowest BCUT2D eigenvalue weighted by molar-refractivity contribution is 0.660. The number of hydrogen-bond donors (Lipinski definition) is 0. The number of aromatic nitrogens is 3. The third-order valence-corrected chi connectivity index (χ3v) is 12.3. The summed E-state index contributed by atoms with van der Waals surface area (Å²) >= 11 is 0. The van der Waals surface area contributed by atoms with Gasteiger partial charge in [0.2, 0.25) is 0 Å². The Balaban J connectivity index is 1.04. The Morgan fingerprint density at radius 3 is 2.15 bits per heavy atom. The molecule has 0 atom stereocenters. The van der Waals surface area contributed by atoms with Crippen molar-refractivity contribution in [3.63, 3.8) is 0 Å². The summed E-state index contributed by atoms with van der Waals surface area (Å²) in [6.07, 6.45) is 0. The first kappa shape index (κ1) is 33.4. The van der Waals surface area contributed by atoms with E-state index in [2.05, 4.69) is 128 Å². The summed E-state index contributed by atoms with van der Waals surface area (Å²) < 4.78 is 9.95. The number of anilines is 3. The molecule has 0 bridgehead atoms. The lowest BCUT2D eigenvalue weighted by atomic mass is 9.82. The molecule has 0 aliphatic heterocycles. The molecule has 11 aromatic rings. The molecule has 0 saturated heterocycles. The van der Waals surface area contributed by atoms with E-state index in [1.54, 1.807) is 8.97 Å². The van der Waals surface area contributed by atoms with Gasteiger partial charge in [-0.15, -0.1) is 0 Å². The van der Waals surface area contributed by atoms with Crippen molar-refractivity contribution in [2.24, 2.45) is 0 Å². The smallest absolute Gasteiger partial charge is 0.339 e. The number of fused-ring (bicyclic) bond motifs is 11. The van der Waals surface area contributed by atoms with Crippen LogP contribution >= 0.6 is 0 Å². The number of nitrogens with zero attached hydrogens (tertiary/aromatic N) is 4. The third kappa shape index (κ3) is 4.87. The molecule has 59 heavy (non-hydrogen) atoms. The van der Waals surface area contributed by atoms with E-state index >= 15 is 0 Å². The number of benzene rings is 8.